The summed E-state index contributed by atoms with van der Waals surface area (Å²) in [7, 11) is 0. The van der Waals surface area contributed by atoms with E-state index in [2.05, 4.69) is 16.4 Å². The highest BCUT2D eigenvalue weighted by Gasteiger charge is 2.17. The van der Waals surface area contributed by atoms with Gasteiger partial charge in [0.15, 0.2) is 0 Å². The van der Waals surface area contributed by atoms with Gasteiger partial charge in [-0.3, -0.25) is 4.98 Å². The molecule has 2 heterocycles. The highest BCUT2D eigenvalue weighted by atomic mass is 35.5. The van der Waals surface area contributed by atoms with Gasteiger partial charge in [-0.2, -0.15) is 0 Å². The van der Waals surface area contributed by atoms with Gasteiger partial charge in [0, 0.05) is 42.5 Å². The number of fused-ring (bicyclic) bond motifs is 1. The summed E-state index contributed by atoms with van der Waals surface area (Å²) < 4.78 is 5.68. The van der Waals surface area contributed by atoms with Crippen molar-refractivity contribution < 1.29 is 4.74 Å². The number of aromatic nitrogens is 1. The molecule has 0 aliphatic carbocycles. The molecule has 4 heteroatoms. The lowest BCUT2D eigenvalue weighted by Crippen LogP contribution is -2.13. The minimum absolute atomic E-state index is 0.748. The van der Waals surface area contributed by atoms with Crippen molar-refractivity contribution in [2.75, 3.05) is 6.61 Å². The molecule has 0 radical (unpaired) electrons. The van der Waals surface area contributed by atoms with Crippen LogP contribution in [0.15, 0.2) is 36.7 Å². The standard InChI is InChI=1S/C15H15ClN2O/c16-14-6-12-3-5-19-15(12)13(7-14)10-18-9-11-2-1-4-17-8-11/h1-2,4,6-8,18H,3,5,9-10H2. The summed E-state index contributed by atoms with van der Waals surface area (Å²) in [6.45, 7) is 2.29. The quantitative estimate of drug-likeness (QED) is 0.931. The molecule has 19 heavy (non-hydrogen) atoms. The van der Waals surface area contributed by atoms with Crippen molar-refractivity contribution in [2.45, 2.75) is 19.5 Å². The van der Waals surface area contributed by atoms with Crippen LogP contribution in [-0.2, 0) is 19.5 Å². The minimum Gasteiger partial charge on any atom is -0.493 e. The summed E-state index contributed by atoms with van der Waals surface area (Å²) in [4.78, 5) is 4.10. The number of hydrogen-bond acceptors (Lipinski definition) is 3. The lowest BCUT2D eigenvalue weighted by atomic mass is 10.1. The smallest absolute Gasteiger partial charge is 0.127 e. The Labute approximate surface area is 117 Å². The largest absolute Gasteiger partial charge is 0.493 e. The first-order valence-electron chi connectivity index (χ1n) is 6.36. The first-order chi connectivity index (χ1) is 9.33. The molecule has 1 aromatic carbocycles. The molecule has 0 fully saturated rings. The Morgan fingerprint density at radius 2 is 2.26 bits per heavy atom. The van der Waals surface area contributed by atoms with E-state index in [9.17, 15) is 0 Å². The molecule has 0 atom stereocenters. The highest BCUT2D eigenvalue weighted by molar-refractivity contribution is 6.30. The second-order valence-corrected chi connectivity index (χ2v) is 5.05. The molecule has 0 saturated carbocycles. The SMILES string of the molecule is Clc1cc2c(c(CNCc3cccnc3)c1)OCC2. The number of halogens is 1. The fourth-order valence-corrected chi connectivity index (χ4v) is 2.58. The van der Waals surface area contributed by atoms with Crippen molar-refractivity contribution in [3.63, 3.8) is 0 Å². The molecule has 3 nitrogen and oxygen atoms in total. The number of hydrogen-bond donors (Lipinski definition) is 1. The third-order valence-corrected chi connectivity index (χ3v) is 3.41. The summed E-state index contributed by atoms with van der Waals surface area (Å²) >= 11 is 6.13. The fraction of sp³-hybridized carbons (Fsp3) is 0.267. The van der Waals surface area contributed by atoms with E-state index in [1.807, 2.05) is 24.4 Å². The van der Waals surface area contributed by atoms with E-state index in [1.54, 1.807) is 6.20 Å². The monoisotopic (exact) mass is 274 g/mol. The van der Waals surface area contributed by atoms with Crippen LogP contribution in [0.25, 0.3) is 0 Å². The maximum Gasteiger partial charge on any atom is 0.127 e. The van der Waals surface area contributed by atoms with Crippen molar-refractivity contribution in [2.24, 2.45) is 0 Å². The van der Waals surface area contributed by atoms with Crippen LogP contribution in [0.4, 0.5) is 0 Å². The van der Waals surface area contributed by atoms with Crippen LogP contribution in [-0.4, -0.2) is 11.6 Å². The first-order valence-corrected chi connectivity index (χ1v) is 6.74. The molecule has 0 saturated heterocycles. The Balaban J connectivity index is 1.67. The number of pyridine rings is 1. The van der Waals surface area contributed by atoms with E-state index in [0.717, 1.165) is 42.5 Å². The van der Waals surface area contributed by atoms with Gasteiger partial charge in [0.1, 0.15) is 5.75 Å². The molecular weight excluding hydrogens is 260 g/mol. The van der Waals surface area contributed by atoms with Crippen LogP contribution in [0.1, 0.15) is 16.7 Å². The zero-order valence-corrected chi connectivity index (χ0v) is 11.3. The van der Waals surface area contributed by atoms with Crippen molar-refractivity contribution in [3.8, 4) is 5.75 Å². The predicted molar refractivity (Wildman–Crippen MR) is 75.4 cm³/mol. The van der Waals surface area contributed by atoms with Gasteiger partial charge in [0.2, 0.25) is 0 Å². The molecule has 1 N–H and O–H groups in total. The molecule has 98 valence electrons. The number of ether oxygens (including phenoxy) is 1. The number of benzene rings is 1. The third-order valence-electron chi connectivity index (χ3n) is 3.19. The molecule has 0 unspecified atom stereocenters. The average Bonchev–Trinajstić information content (AvgIpc) is 2.88. The summed E-state index contributed by atoms with van der Waals surface area (Å²) in [6, 6.07) is 7.96. The summed E-state index contributed by atoms with van der Waals surface area (Å²) in [5.74, 6) is 1.00. The summed E-state index contributed by atoms with van der Waals surface area (Å²) in [5, 5.41) is 4.18. The summed E-state index contributed by atoms with van der Waals surface area (Å²) in [6.07, 6.45) is 4.60. The van der Waals surface area contributed by atoms with Crippen molar-refractivity contribution >= 4 is 11.6 Å². The summed E-state index contributed by atoms with van der Waals surface area (Å²) in [5.41, 5.74) is 3.51. The van der Waals surface area contributed by atoms with Gasteiger partial charge >= 0.3 is 0 Å². The molecular formula is C15H15ClN2O. The Kier molecular flexibility index (Phi) is 3.67. The third kappa shape index (κ3) is 2.88. The van der Waals surface area contributed by atoms with E-state index in [1.165, 1.54) is 11.1 Å². The zero-order chi connectivity index (χ0) is 13.1. The van der Waals surface area contributed by atoms with E-state index >= 15 is 0 Å². The van der Waals surface area contributed by atoms with Gasteiger partial charge in [0.05, 0.1) is 6.61 Å². The maximum atomic E-state index is 6.13. The molecule has 0 bridgehead atoms. The van der Waals surface area contributed by atoms with E-state index in [0.29, 0.717) is 0 Å². The van der Waals surface area contributed by atoms with Crippen molar-refractivity contribution in [1.82, 2.24) is 10.3 Å². The highest BCUT2D eigenvalue weighted by Crippen LogP contribution is 2.32. The van der Waals surface area contributed by atoms with Crippen LogP contribution in [0, 0.1) is 0 Å². The second-order valence-electron chi connectivity index (χ2n) is 4.62. The van der Waals surface area contributed by atoms with Crippen LogP contribution in [0.5, 0.6) is 5.75 Å². The molecule has 3 rings (SSSR count). The molecule has 1 aliphatic heterocycles. The molecule has 1 aliphatic rings. The topological polar surface area (TPSA) is 34.2 Å². The Hall–Kier alpha value is -1.58. The van der Waals surface area contributed by atoms with E-state index < -0.39 is 0 Å². The van der Waals surface area contributed by atoms with Gasteiger partial charge in [-0.25, -0.2) is 0 Å². The van der Waals surface area contributed by atoms with Crippen molar-refractivity contribution in [1.29, 1.82) is 0 Å². The Bertz CT molecular complexity index is 572. The Morgan fingerprint density at radius 3 is 3.11 bits per heavy atom. The van der Waals surface area contributed by atoms with Crippen LogP contribution >= 0.6 is 11.6 Å². The van der Waals surface area contributed by atoms with Gasteiger partial charge < -0.3 is 10.1 Å². The predicted octanol–water partition coefficient (Wildman–Crippen LogP) is 2.96. The van der Waals surface area contributed by atoms with Crippen molar-refractivity contribution in [3.05, 3.63) is 58.4 Å². The first kappa shape index (κ1) is 12.5. The number of nitrogens with zero attached hydrogens (tertiary/aromatic N) is 1. The van der Waals surface area contributed by atoms with Gasteiger partial charge in [-0.05, 0) is 29.3 Å². The molecule has 2 aromatic rings. The normalized spacial score (nSPS) is 13.1. The molecule has 1 aromatic heterocycles. The molecule has 0 amide bonds. The van der Waals surface area contributed by atoms with Crippen LogP contribution < -0.4 is 10.1 Å². The Morgan fingerprint density at radius 1 is 1.32 bits per heavy atom. The second kappa shape index (κ2) is 5.59. The number of rotatable bonds is 4. The fourth-order valence-electron chi connectivity index (χ4n) is 2.32. The van der Waals surface area contributed by atoms with E-state index in [4.69, 9.17) is 16.3 Å². The van der Waals surface area contributed by atoms with Crippen LogP contribution in [0.3, 0.4) is 0 Å². The lowest BCUT2D eigenvalue weighted by Gasteiger charge is -2.10. The number of nitrogens with one attached hydrogen (secondary N) is 1. The lowest BCUT2D eigenvalue weighted by molar-refractivity contribution is 0.352. The van der Waals surface area contributed by atoms with Gasteiger partial charge in [-0.15, -0.1) is 0 Å². The average molecular weight is 275 g/mol. The minimum atomic E-state index is 0.748. The van der Waals surface area contributed by atoms with Gasteiger partial charge in [0.25, 0.3) is 0 Å². The van der Waals surface area contributed by atoms with E-state index in [-0.39, 0.29) is 0 Å². The van der Waals surface area contributed by atoms with Gasteiger partial charge in [-0.1, -0.05) is 17.7 Å². The zero-order valence-electron chi connectivity index (χ0n) is 10.5. The maximum absolute atomic E-state index is 6.13. The molecule has 0 spiro atoms. The van der Waals surface area contributed by atoms with Crippen LogP contribution in [0.2, 0.25) is 5.02 Å².